The molecule has 0 saturated carbocycles. The second-order valence-corrected chi connectivity index (χ2v) is 1.13. The summed E-state index contributed by atoms with van der Waals surface area (Å²) in [4.78, 5) is 9.77. The molecule has 0 spiro atoms. The standard InChI is InChI=1S/C5H4O2.Cu.Si/c6-4-5-2-1-3-7-5;;/h1-4H;;. The Kier molecular flexibility index (Phi) is 7.42. The zero-order valence-corrected chi connectivity index (χ0v) is 6.37. The predicted molar refractivity (Wildman–Crippen MR) is 29.8 cm³/mol. The van der Waals surface area contributed by atoms with Gasteiger partial charge in [-0.25, -0.2) is 0 Å². The molecule has 0 amide bonds. The Bertz CT molecular complexity index is 150. The number of hydrogen-bond acceptors (Lipinski definition) is 2. The molecule has 1 aromatic heterocycles. The first kappa shape index (κ1) is 11.5. The summed E-state index contributed by atoms with van der Waals surface area (Å²) in [7, 11) is 0. The number of rotatable bonds is 1. The van der Waals surface area contributed by atoms with Crippen molar-refractivity contribution in [1.82, 2.24) is 0 Å². The van der Waals surface area contributed by atoms with Crippen LogP contribution in [0.5, 0.6) is 0 Å². The van der Waals surface area contributed by atoms with E-state index in [9.17, 15) is 4.79 Å². The fourth-order valence-corrected chi connectivity index (χ4v) is 0.358. The van der Waals surface area contributed by atoms with Crippen LogP contribution in [0.4, 0.5) is 0 Å². The molecule has 4 heteroatoms. The fourth-order valence-electron chi connectivity index (χ4n) is 0.358. The number of carbonyl (C=O) groups is 1. The molecule has 0 N–H and O–H groups in total. The molecule has 0 aliphatic rings. The SMILES string of the molecule is O=Cc1ccco1.[Cu].[Si]. The molecule has 0 bridgehead atoms. The summed E-state index contributed by atoms with van der Waals surface area (Å²) in [6.45, 7) is 0. The number of furan rings is 1. The summed E-state index contributed by atoms with van der Waals surface area (Å²) in [6, 6.07) is 3.27. The maximum Gasteiger partial charge on any atom is 0.185 e. The van der Waals surface area contributed by atoms with E-state index in [1.54, 1.807) is 12.1 Å². The molecule has 1 heterocycles. The number of carbonyl (C=O) groups excluding carboxylic acids is 1. The second-order valence-electron chi connectivity index (χ2n) is 1.13. The monoisotopic (exact) mass is 187 g/mol. The summed E-state index contributed by atoms with van der Waals surface area (Å²) >= 11 is 0. The van der Waals surface area contributed by atoms with Crippen LogP contribution in [0.2, 0.25) is 0 Å². The van der Waals surface area contributed by atoms with Gasteiger partial charge in [0.15, 0.2) is 12.0 Å². The van der Waals surface area contributed by atoms with Crippen LogP contribution in [0.1, 0.15) is 10.6 Å². The molecule has 1 rings (SSSR count). The van der Waals surface area contributed by atoms with Gasteiger partial charge in [-0.15, -0.1) is 0 Å². The topological polar surface area (TPSA) is 30.2 Å². The van der Waals surface area contributed by atoms with E-state index in [1.807, 2.05) is 0 Å². The van der Waals surface area contributed by atoms with Crippen LogP contribution in [-0.4, -0.2) is 17.3 Å². The first-order valence-electron chi connectivity index (χ1n) is 1.92. The quantitative estimate of drug-likeness (QED) is 0.479. The van der Waals surface area contributed by atoms with E-state index in [-0.39, 0.29) is 28.0 Å². The molecule has 51 valence electrons. The molecule has 0 aliphatic heterocycles. The van der Waals surface area contributed by atoms with Gasteiger partial charge in [0.05, 0.1) is 6.26 Å². The largest absolute Gasteiger partial charge is 0.462 e. The average molecular weight is 188 g/mol. The van der Waals surface area contributed by atoms with Crippen LogP contribution in [0.3, 0.4) is 0 Å². The first-order valence-corrected chi connectivity index (χ1v) is 1.92. The smallest absolute Gasteiger partial charge is 0.185 e. The summed E-state index contributed by atoms with van der Waals surface area (Å²) in [5, 5.41) is 0. The van der Waals surface area contributed by atoms with Crippen molar-refractivity contribution in [3.8, 4) is 0 Å². The third-order valence-corrected chi connectivity index (χ3v) is 0.659. The molecule has 9 heavy (non-hydrogen) atoms. The molecule has 0 unspecified atom stereocenters. The Balaban J connectivity index is 0. The van der Waals surface area contributed by atoms with E-state index in [0.717, 1.165) is 0 Å². The van der Waals surface area contributed by atoms with Gasteiger partial charge in [-0.2, -0.15) is 0 Å². The van der Waals surface area contributed by atoms with E-state index in [4.69, 9.17) is 0 Å². The molecule has 0 fully saturated rings. The average Bonchev–Trinajstić information content (AvgIpc) is 2.14. The molecule has 2 nitrogen and oxygen atoms in total. The molecule has 0 atom stereocenters. The Morgan fingerprint density at radius 2 is 2.22 bits per heavy atom. The van der Waals surface area contributed by atoms with Crippen molar-refractivity contribution in [1.29, 1.82) is 0 Å². The van der Waals surface area contributed by atoms with E-state index in [2.05, 4.69) is 4.42 Å². The van der Waals surface area contributed by atoms with Crippen LogP contribution in [0.15, 0.2) is 22.8 Å². The summed E-state index contributed by atoms with van der Waals surface area (Å²) < 4.78 is 4.61. The van der Waals surface area contributed by atoms with Crippen LogP contribution < -0.4 is 0 Å². The molecule has 0 aromatic carbocycles. The van der Waals surface area contributed by atoms with Crippen molar-refractivity contribution in [2.24, 2.45) is 0 Å². The molecule has 0 aliphatic carbocycles. The minimum Gasteiger partial charge on any atom is -0.462 e. The predicted octanol–water partition coefficient (Wildman–Crippen LogP) is 0.709. The Morgan fingerprint density at radius 3 is 2.44 bits per heavy atom. The van der Waals surface area contributed by atoms with Crippen molar-refractivity contribution >= 4 is 17.3 Å². The zero-order valence-electron chi connectivity index (χ0n) is 4.43. The Morgan fingerprint density at radius 1 is 1.56 bits per heavy atom. The van der Waals surface area contributed by atoms with Gasteiger partial charge in [0.25, 0.3) is 0 Å². The summed E-state index contributed by atoms with van der Waals surface area (Å²) in [5.74, 6) is 0.375. The Hall–Kier alpha value is -0.314. The van der Waals surface area contributed by atoms with E-state index >= 15 is 0 Å². The maximum absolute atomic E-state index is 9.77. The fraction of sp³-hybridized carbons (Fsp3) is 0. The van der Waals surface area contributed by atoms with Gasteiger partial charge in [-0.1, -0.05) is 0 Å². The minimum atomic E-state index is 0. The molecular formula is C5H4CuO2Si. The van der Waals surface area contributed by atoms with E-state index in [1.165, 1.54) is 6.26 Å². The third kappa shape index (κ3) is 3.29. The van der Waals surface area contributed by atoms with Crippen molar-refractivity contribution in [3.63, 3.8) is 0 Å². The number of hydrogen-bond donors (Lipinski definition) is 0. The Labute approximate surface area is 68.1 Å². The molecular weight excluding hydrogens is 184 g/mol. The first-order chi connectivity index (χ1) is 3.43. The normalized spacial score (nSPS) is 6.67. The maximum atomic E-state index is 9.77. The molecule has 5 radical (unpaired) electrons. The minimum absolute atomic E-state index is 0. The van der Waals surface area contributed by atoms with Crippen LogP contribution >= 0.6 is 0 Å². The van der Waals surface area contributed by atoms with E-state index in [0.29, 0.717) is 12.0 Å². The van der Waals surface area contributed by atoms with Gasteiger partial charge < -0.3 is 4.42 Å². The van der Waals surface area contributed by atoms with Crippen molar-refractivity contribution < 1.29 is 26.3 Å². The van der Waals surface area contributed by atoms with Crippen LogP contribution in [-0.2, 0) is 17.1 Å². The molecule has 1 aromatic rings. The zero-order chi connectivity index (χ0) is 5.11. The van der Waals surface area contributed by atoms with Crippen molar-refractivity contribution in [2.45, 2.75) is 0 Å². The summed E-state index contributed by atoms with van der Waals surface area (Å²) in [5.41, 5.74) is 0. The number of aldehydes is 1. The van der Waals surface area contributed by atoms with Gasteiger partial charge in [0.1, 0.15) is 0 Å². The van der Waals surface area contributed by atoms with Crippen LogP contribution in [0.25, 0.3) is 0 Å². The van der Waals surface area contributed by atoms with Crippen molar-refractivity contribution in [2.75, 3.05) is 0 Å². The van der Waals surface area contributed by atoms with Gasteiger partial charge in [0.2, 0.25) is 0 Å². The van der Waals surface area contributed by atoms with Gasteiger partial charge in [-0.05, 0) is 12.1 Å². The van der Waals surface area contributed by atoms with Gasteiger partial charge >= 0.3 is 0 Å². The van der Waals surface area contributed by atoms with Gasteiger partial charge in [-0.3, -0.25) is 4.79 Å². The van der Waals surface area contributed by atoms with Crippen LogP contribution in [0, 0.1) is 0 Å². The van der Waals surface area contributed by atoms with Gasteiger partial charge in [0, 0.05) is 28.0 Å². The van der Waals surface area contributed by atoms with Crippen molar-refractivity contribution in [3.05, 3.63) is 24.2 Å². The summed E-state index contributed by atoms with van der Waals surface area (Å²) in [6.07, 6.45) is 2.13. The second kappa shape index (κ2) is 5.82. The molecule has 0 saturated heterocycles. The third-order valence-electron chi connectivity index (χ3n) is 0.659. The van der Waals surface area contributed by atoms with E-state index < -0.39 is 0 Å².